The molecular weight excluding hydrogens is 805 g/mol. The third-order valence-electron chi connectivity index (χ3n) is 13.8. The van der Waals surface area contributed by atoms with E-state index in [2.05, 4.69) is 34.6 Å². The number of unbranched alkanes of at least 4 members (excludes halogenated alkanes) is 37. The van der Waals surface area contributed by atoms with Gasteiger partial charge in [-0.15, -0.1) is 0 Å². The van der Waals surface area contributed by atoms with Gasteiger partial charge in [-0.3, -0.25) is 14.4 Å². The lowest BCUT2D eigenvalue weighted by molar-refractivity contribution is -0.167. The van der Waals surface area contributed by atoms with Crippen molar-refractivity contribution in [1.29, 1.82) is 0 Å². The second-order valence-electron chi connectivity index (χ2n) is 21.0. The van der Waals surface area contributed by atoms with Crippen LogP contribution in [0.1, 0.15) is 330 Å². The highest BCUT2D eigenvalue weighted by molar-refractivity contribution is 5.71. The van der Waals surface area contributed by atoms with Gasteiger partial charge in [0.05, 0.1) is 0 Å². The molecule has 0 bridgehead atoms. The lowest BCUT2D eigenvalue weighted by Gasteiger charge is -2.18. The van der Waals surface area contributed by atoms with E-state index in [1.807, 2.05) is 0 Å². The fourth-order valence-electron chi connectivity index (χ4n) is 9.02. The average Bonchev–Trinajstić information content (AvgIpc) is 3.29. The molecule has 0 aromatic heterocycles. The highest BCUT2D eigenvalue weighted by atomic mass is 16.6. The molecule has 0 N–H and O–H groups in total. The summed E-state index contributed by atoms with van der Waals surface area (Å²) < 4.78 is 16.9. The molecule has 0 radical (unpaired) electrons. The van der Waals surface area contributed by atoms with Crippen LogP contribution in [0, 0.1) is 11.8 Å². The maximum Gasteiger partial charge on any atom is 0.306 e. The van der Waals surface area contributed by atoms with E-state index in [-0.39, 0.29) is 31.1 Å². The van der Waals surface area contributed by atoms with Gasteiger partial charge in [-0.05, 0) is 31.1 Å². The van der Waals surface area contributed by atoms with Crippen molar-refractivity contribution in [3.05, 3.63) is 0 Å². The van der Waals surface area contributed by atoms with Gasteiger partial charge >= 0.3 is 17.9 Å². The van der Waals surface area contributed by atoms with E-state index in [1.165, 1.54) is 218 Å². The van der Waals surface area contributed by atoms with Crippen LogP contribution >= 0.6 is 0 Å². The summed E-state index contributed by atoms with van der Waals surface area (Å²) in [4.78, 5) is 38.1. The zero-order chi connectivity index (χ0) is 47.5. The normalized spacial score (nSPS) is 12.5. The van der Waals surface area contributed by atoms with Gasteiger partial charge in [0.25, 0.3) is 0 Å². The first-order valence-corrected chi connectivity index (χ1v) is 29.3. The molecule has 0 aromatic rings. The van der Waals surface area contributed by atoms with Gasteiger partial charge in [-0.1, -0.05) is 291 Å². The number of esters is 3. The van der Waals surface area contributed by atoms with Crippen molar-refractivity contribution in [1.82, 2.24) is 0 Å². The zero-order valence-electron chi connectivity index (χ0n) is 44.6. The van der Waals surface area contributed by atoms with Gasteiger partial charge in [0, 0.05) is 19.3 Å². The molecule has 0 saturated carbocycles. The first kappa shape index (κ1) is 63.4. The Labute approximate surface area is 406 Å². The molecular formula is C59H114O6. The van der Waals surface area contributed by atoms with Crippen LogP contribution in [-0.2, 0) is 28.6 Å². The van der Waals surface area contributed by atoms with E-state index in [9.17, 15) is 14.4 Å². The highest BCUT2D eigenvalue weighted by Gasteiger charge is 2.19. The molecule has 0 spiro atoms. The molecule has 65 heavy (non-hydrogen) atoms. The van der Waals surface area contributed by atoms with Gasteiger partial charge in [-0.25, -0.2) is 0 Å². The summed E-state index contributed by atoms with van der Waals surface area (Å²) in [7, 11) is 0. The molecule has 386 valence electrons. The van der Waals surface area contributed by atoms with Gasteiger partial charge in [0.2, 0.25) is 0 Å². The van der Waals surface area contributed by atoms with Crippen molar-refractivity contribution in [2.75, 3.05) is 13.2 Å². The standard InChI is InChI=1S/C59H114O6/c1-6-8-9-10-11-12-29-34-39-44-49-57(60)63-52-56(65-59(62)51-46-41-36-31-26-22-21-23-27-32-37-42-47-54(3)4)53-64-58(61)50-45-40-35-30-25-20-18-16-14-13-15-17-19-24-28-33-38-43-48-55(5)7-2/h54-56H,6-53H2,1-5H3/t55?,56-/m0/s1. The first-order valence-electron chi connectivity index (χ1n) is 29.3. The molecule has 0 aromatic carbocycles. The predicted molar refractivity (Wildman–Crippen MR) is 280 cm³/mol. The topological polar surface area (TPSA) is 78.9 Å². The maximum absolute atomic E-state index is 12.8. The number of hydrogen-bond donors (Lipinski definition) is 0. The van der Waals surface area contributed by atoms with Crippen LogP contribution in [0.15, 0.2) is 0 Å². The Kier molecular flexibility index (Phi) is 50.5. The fraction of sp³-hybridized carbons (Fsp3) is 0.949. The molecule has 0 amide bonds. The van der Waals surface area contributed by atoms with Crippen LogP contribution in [0.2, 0.25) is 0 Å². The number of rotatable bonds is 53. The summed E-state index contributed by atoms with van der Waals surface area (Å²) in [6.07, 6.45) is 55.2. The SMILES string of the molecule is CCCCCCCCCCCCC(=O)OC[C@@H](COC(=O)CCCCCCCCCCCCCCCCCCCCC(C)CC)OC(=O)CCCCCCCCCCCCCCC(C)C. The smallest absolute Gasteiger partial charge is 0.306 e. The van der Waals surface area contributed by atoms with Crippen LogP contribution in [-0.4, -0.2) is 37.2 Å². The van der Waals surface area contributed by atoms with Crippen molar-refractivity contribution in [3.8, 4) is 0 Å². The minimum Gasteiger partial charge on any atom is -0.462 e. The van der Waals surface area contributed by atoms with Crippen molar-refractivity contribution in [3.63, 3.8) is 0 Å². The molecule has 0 saturated heterocycles. The summed E-state index contributed by atoms with van der Waals surface area (Å²) in [6, 6.07) is 0. The highest BCUT2D eigenvalue weighted by Crippen LogP contribution is 2.19. The quantitative estimate of drug-likeness (QED) is 0.0344. The zero-order valence-corrected chi connectivity index (χ0v) is 44.6. The van der Waals surface area contributed by atoms with Crippen LogP contribution in [0.5, 0.6) is 0 Å². The number of carbonyl (C=O) groups is 3. The summed E-state index contributed by atoms with van der Waals surface area (Å²) in [6.45, 7) is 11.4. The van der Waals surface area contributed by atoms with E-state index < -0.39 is 6.10 Å². The van der Waals surface area contributed by atoms with Gasteiger partial charge in [0.1, 0.15) is 13.2 Å². The third-order valence-corrected chi connectivity index (χ3v) is 13.8. The third kappa shape index (κ3) is 51.6. The monoisotopic (exact) mass is 919 g/mol. The fourth-order valence-corrected chi connectivity index (χ4v) is 9.02. The molecule has 0 aliphatic carbocycles. The maximum atomic E-state index is 12.8. The Balaban J connectivity index is 4.19. The first-order chi connectivity index (χ1) is 31.8. The Morgan fingerprint density at radius 2 is 0.585 bits per heavy atom. The van der Waals surface area contributed by atoms with Crippen LogP contribution < -0.4 is 0 Å². The van der Waals surface area contributed by atoms with Crippen LogP contribution in [0.25, 0.3) is 0 Å². The summed E-state index contributed by atoms with van der Waals surface area (Å²) in [5.74, 6) is 0.901. The Bertz CT molecular complexity index is 995. The minimum atomic E-state index is -0.762. The number of carbonyl (C=O) groups excluding carboxylic acids is 3. The molecule has 2 atom stereocenters. The van der Waals surface area contributed by atoms with Crippen molar-refractivity contribution in [2.24, 2.45) is 11.8 Å². The molecule has 0 aliphatic heterocycles. The molecule has 6 heteroatoms. The molecule has 6 nitrogen and oxygen atoms in total. The molecule has 1 unspecified atom stereocenters. The Hall–Kier alpha value is -1.59. The molecule has 0 rings (SSSR count). The summed E-state index contributed by atoms with van der Waals surface area (Å²) >= 11 is 0. The van der Waals surface area contributed by atoms with Crippen LogP contribution in [0.3, 0.4) is 0 Å². The second-order valence-corrected chi connectivity index (χ2v) is 21.0. The largest absolute Gasteiger partial charge is 0.462 e. The predicted octanol–water partition coefficient (Wildman–Crippen LogP) is 19.3. The second kappa shape index (κ2) is 51.8. The Morgan fingerprint density at radius 3 is 0.877 bits per heavy atom. The van der Waals surface area contributed by atoms with Crippen molar-refractivity contribution in [2.45, 2.75) is 336 Å². The van der Waals surface area contributed by atoms with Crippen LogP contribution in [0.4, 0.5) is 0 Å². The molecule has 0 fully saturated rings. The van der Waals surface area contributed by atoms with E-state index in [4.69, 9.17) is 14.2 Å². The molecule has 0 aliphatic rings. The molecule has 0 heterocycles. The van der Waals surface area contributed by atoms with Crippen molar-refractivity contribution < 1.29 is 28.6 Å². The van der Waals surface area contributed by atoms with Gasteiger partial charge in [-0.2, -0.15) is 0 Å². The Morgan fingerprint density at radius 1 is 0.323 bits per heavy atom. The lowest BCUT2D eigenvalue weighted by Crippen LogP contribution is -2.30. The van der Waals surface area contributed by atoms with E-state index >= 15 is 0 Å². The average molecular weight is 920 g/mol. The van der Waals surface area contributed by atoms with Crippen molar-refractivity contribution >= 4 is 17.9 Å². The number of ether oxygens (including phenoxy) is 3. The van der Waals surface area contributed by atoms with E-state index in [0.717, 1.165) is 69.6 Å². The lowest BCUT2D eigenvalue weighted by atomic mass is 9.99. The summed E-state index contributed by atoms with van der Waals surface area (Å²) in [5.41, 5.74) is 0. The summed E-state index contributed by atoms with van der Waals surface area (Å²) in [5, 5.41) is 0. The number of hydrogen-bond acceptors (Lipinski definition) is 6. The van der Waals surface area contributed by atoms with Gasteiger partial charge in [0.15, 0.2) is 6.10 Å². The van der Waals surface area contributed by atoms with E-state index in [1.54, 1.807) is 0 Å². The minimum absolute atomic E-state index is 0.0627. The van der Waals surface area contributed by atoms with Gasteiger partial charge < -0.3 is 14.2 Å². The van der Waals surface area contributed by atoms with E-state index in [0.29, 0.717) is 19.3 Å².